The Bertz CT molecular complexity index is 295. The molecule has 1 aromatic heterocycles. The fourth-order valence-corrected chi connectivity index (χ4v) is 2.78. The van der Waals surface area contributed by atoms with Gasteiger partial charge in [0.2, 0.25) is 0 Å². The van der Waals surface area contributed by atoms with Crippen LogP contribution >= 0.6 is 11.3 Å². The van der Waals surface area contributed by atoms with Crippen molar-refractivity contribution in [1.82, 2.24) is 10.3 Å². The Labute approximate surface area is 94.5 Å². The monoisotopic (exact) mass is 226 g/mol. The summed E-state index contributed by atoms with van der Waals surface area (Å²) in [5, 5.41) is 15.4. The summed E-state index contributed by atoms with van der Waals surface area (Å²) >= 11 is 1.63. The molecule has 1 aliphatic carbocycles. The van der Waals surface area contributed by atoms with E-state index in [2.05, 4.69) is 10.3 Å². The molecule has 4 heteroatoms. The first-order valence-corrected chi connectivity index (χ1v) is 6.54. The van der Waals surface area contributed by atoms with E-state index < -0.39 is 0 Å². The van der Waals surface area contributed by atoms with Gasteiger partial charge in [-0.2, -0.15) is 0 Å². The van der Waals surface area contributed by atoms with Crippen molar-refractivity contribution in [1.29, 1.82) is 0 Å². The van der Waals surface area contributed by atoms with Crippen LogP contribution in [-0.2, 0) is 13.2 Å². The quantitative estimate of drug-likeness (QED) is 0.826. The first-order valence-electron chi connectivity index (χ1n) is 5.66. The molecule has 1 heterocycles. The molecule has 1 aliphatic rings. The molecule has 0 unspecified atom stereocenters. The molecule has 1 fully saturated rings. The standard InChI is InChI=1S/C11H18N2OS/c14-7-10-8-15-11(13-10)6-12-9-4-2-1-3-5-9/h8-9,12,14H,1-7H2. The Morgan fingerprint density at radius 1 is 1.40 bits per heavy atom. The van der Waals surface area contributed by atoms with Crippen molar-refractivity contribution in [3.8, 4) is 0 Å². The third-order valence-electron chi connectivity index (χ3n) is 2.91. The van der Waals surface area contributed by atoms with Crippen LogP contribution in [0.3, 0.4) is 0 Å². The van der Waals surface area contributed by atoms with Crippen molar-refractivity contribution < 1.29 is 5.11 Å². The number of nitrogens with one attached hydrogen (secondary N) is 1. The van der Waals surface area contributed by atoms with Gasteiger partial charge in [-0.3, -0.25) is 0 Å². The largest absolute Gasteiger partial charge is 0.390 e. The topological polar surface area (TPSA) is 45.1 Å². The number of aromatic nitrogens is 1. The second kappa shape index (κ2) is 5.58. The number of aliphatic hydroxyl groups excluding tert-OH is 1. The van der Waals surface area contributed by atoms with Gasteiger partial charge in [0.1, 0.15) is 5.01 Å². The number of rotatable bonds is 4. The lowest BCUT2D eigenvalue weighted by atomic mass is 9.96. The first-order chi connectivity index (χ1) is 7.38. The first kappa shape index (κ1) is 11.0. The maximum Gasteiger partial charge on any atom is 0.107 e. The summed E-state index contributed by atoms with van der Waals surface area (Å²) in [6.45, 7) is 0.912. The molecule has 84 valence electrons. The Morgan fingerprint density at radius 2 is 2.20 bits per heavy atom. The summed E-state index contributed by atoms with van der Waals surface area (Å²) < 4.78 is 0. The van der Waals surface area contributed by atoms with Crippen molar-refractivity contribution in [2.75, 3.05) is 0 Å². The number of aliphatic hydroxyl groups is 1. The van der Waals surface area contributed by atoms with E-state index >= 15 is 0 Å². The van der Waals surface area contributed by atoms with Gasteiger partial charge in [-0.05, 0) is 12.8 Å². The van der Waals surface area contributed by atoms with Crippen LogP contribution in [0.4, 0.5) is 0 Å². The predicted molar refractivity (Wildman–Crippen MR) is 61.7 cm³/mol. The second-order valence-electron chi connectivity index (χ2n) is 4.11. The lowest BCUT2D eigenvalue weighted by molar-refractivity contribution is 0.277. The normalized spacial score (nSPS) is 18.2. The molecule has 0 aromatic carbocycles. The van der Waals surface area contributed by atoms with Gasteiger partial charge in [0, 0.05) is 18.0 Å². The lowest BCUT2D eigenvalue weighted by Gasteiger charge is -2.22. The lowest BCUT2D eigenvalue weighted by Crippen LogP contribution is -2.30. The van der Waals surface area contributed by atoms with Crippen LogP contribution in [0.2, 0.25) is 0 Å². The van der Waals surface area contributed by atoms with E-state index in [9.17, 15) is 0 Å². The zero-order chi connectivity index (χ0) is 10.5. The average molecular weight is 226 g/mol. The van der Waals surface area contributed by atoms with Crippen molar-refractivity contribution in [3.05, 3.63) is 16.1 Å². The van der Waals surface area contributed by atoms with Gasteiger partial charge >= 0.3 is 0 Å². The molecule has 0 bridgehead atoms. The van der Waals surface area contributed by atoms with E-state index in [1.165, 1.54) is 32.1 Å². The zero-order valence-electron chi connectivity index (χ0n) is 8.91. The van der Waals surface area contributed by atoms with E-state index in [1.807, 2.05) is 5.38 Å². The van der Waals surface area contributed by atoms with Crippen LogP contribution in [-0.4, -0.2) is 16.1 Å². The van der Waals surface area contributed by atoms with Crippen LogP contribution < -0.4 is 5.32 Å². The molecule has 15 heavy (non-hydrogen) atoms. The van der Waals surface area contributed by atoms with Crippen molar-refractivity contribution in [3.63, 3.8) is 0 Å². The summed E-state index contributed by atoms with van der Waals surface area (Å²) in [6, 6.07) is 0.681. The highest BCUT2D eigenvalue weighted by molar-refractivity contribution is 7.09. The molecule has 0 spiro atoms. The maximum absolute atomic E-state index is 8.89. The minimum Gasteiger partial charge on any atom is -0.390 e. The van der Waals surface area contributed by atoms with Gasteiger partial charge in [-0.15, -0.1) is 11.3 Å². The van der Waals surface area contributed by atoms with E-state index in [4.69, 9.17) is 5.11 Å². The van der Waals surface area contributed by atoms with Crippen LogP contribution in [0.15, 0.2) is 5.38 Å². The third kappa shape index (κ3) is 3.26. The Morgan fingerprint density at radius 3 is 2.87 bits per heavy atom. The minimum atomic E-state index is 0.0555. The number of hydrogen-bond acceptors (Lipinski definition) is 4. The highest BCUT2D eigenvalue weighted by Gasteiger charge is 2.12. The van der Waals surface area contributed by atoms with E-state index in [0.29, 0.717) is 6.04 Å². The fourth-order valence-electron chi connectivity index (χ4n) is 2.04. The summed E-state index contributed by atoms with van der Waals surface area (Å²) in [6.07, 6.45) is 6.72. The molecule has 0 radical (unpaired) electrons. The minimum absolute atomic E-state index is 0.0555. The molecule has 0 atom stereocenters. The molecule has 2 rings (SSSR count). The van der Waals surface area contributed by atoms with E-state index in [1.54, 1.807) is 11.3 Å². The molecule has 3 nitrogen and oxygen atoms in total. The third-order valence-corrected chi connectivity index (χ3v) is 3.81. The Balaban J connectivity index is 1.76. The van der Waals surface area contributed by atoms with Crippen molar-refractivity contribution >= 4 is 11.3 Å². The number of hydrogen-bond donors (Lipinski definition) is 2. The van der Waals surface area contributed by atoms with Gasteiger partial charge in [0.25, 0.3) is 0 Å². The highest BCUT2D eigenvalue weighted by Crippen LogP contribution is 2.18. The average Bonchev–Trinajstić information content (AvgIpc) is 2.76. The summed E-state index contributed by atoms with van der Waals surface area (Å²) in [5.74, 6) is 0. The van der Waals surface area contributed by atoms with Gasteiger partial charge in [-0.1, -0.05) is 19.3 Å². The molecule has 0 aliphatic heterocycles. The molecular formula is C11H18N2OS. The fraction of sp³-hybridized carbons (Fsp3) is 0.727. The van der Waals surface area contributed by atoms with Gasteiger partial charge in [0.15, 0.2) is 0 Å². The predicted octanol–water partition coefficient (Wildman–Crippen LogP) is 2.06. The molecule has 2 N–H and O–H groups in total. The molecule has 1 aromatic rings. The second-order valence-corrected chi connectivity index (χ2v) is 5.05. The summed E-state index contributed by atoms with van der Waals surface area (Å²) in [4.78, 5) is 4.32. The number of nitrogens with zero attached hydrogens (tertiary/aromatic N) is 1. The van der Waals surface area contributed by atoms with Gasteiger partial charge in [0.05, 0.1) is 12.3 Å². The van der Waals surface area contributed by atoms with Crippen molar-refractivity contribution in [2.45, 2.75) is 51.3 Å². The van der Waals surface area contributed by atoms with E-state index in [-0.39, 0.29) is 6.61 Å². The highest BCUT2D eigenvalue weighted by atomic mass is 32.1. The van der Waals surface area contributed by atoms with Crippen LogP contribution in [0.25, 0.3) is 0 Å². The van der Waals surface area contributed by atoms with Gasteiger partial charge in [-0.25, -0.2) is 4.98 Å². The smallest absolute Gasteiger partial charge is 0.107 e. The van der Waals surface area contributed by atoms with Crippen LogP contribution in [0, 0.1) is 0 Å². The summed E-state index contributed by atoms with van der Waals surface area (Å²) in [7, 11) is 0. The van der Waals surface area contributed by atoms with Crippen LogP contribution in [0.1, 0.15) is 42.8 Å². The van der Waals surface area contributed by atoms with E-state index in [0.717, 1.165) is 17.2 Å². The molecule has 0 saturated heterocycles. The summed E-state index contributed by atoms with van der Waals surface area (Å²) in [5.41, 5.74) is 0.792. The number of thiazole rings is 1. The molecular weight excluding hydrogens is 208 g/mol. The maximum atomic E-state index is 8.89. The molecule has 0 amide bonds. The van der Waals surface area contributed by atoms with Gasteiger partial charge < -0.3 is 10.4 Å². The van der Waals surface area contributed by atoms with Crippen molar-refractivity contribution in [2.24, 2.45) is 0 Å². The Kier molecular flexibility index (Phi) is 4.11. The Hall–Kier alpha value is -0.450. The molecule has 1 saturated carbocycles. The SMILES string of the molecule is OCc1csc(CNC2CCCCC2)n1. The van der Waals surface area contributed by atoms with Crippen LogP contribution in [0.5, 0.6) is 0 Å². The zero-order valence-corrected chi connectivity index (χ0v) is 9.72.